The lowest BCUT2D eigenvalue weighted by Gasteiger charge is -2.38. The number of carbonyl (C=O) groups is 1. The molecule has 2 rings (SSSR count). The van der Waals surface area contributed by atoms with Crippen molar-refractivity contribution in [2.24, 2.45) is 5.73 Å². The minimum absolute atomic E-state index is 0.180. The van der Waals surface area contributed by atoms with E-state index in [0.717, 1.165) is 31.6 Å². The van der Waals surface area contributed by atoms with Crippen molar-refractivity contribution in [2.45, 2.75) is 19.3 Å². The Morgan fingerprint density at radius 3 is 2.71 bits per heavy atom. The number of para-hydroxylation sites is 1. The second-order valence-electron chi connectivity index (χ2n) is 4.24. The molecule has 0 radical (unpaired) electrons. The summed E-state index contributed by atoms with van der Waals surface area (Å²) >= 11 is 0. The maximum atomic E-state index is 12.0. The van der Waals surface area contributed by atoms with Crippen LogP contribution in [0.3, 0.4) is 0 Å². The average molecular weight is 233 g/mol. The van der Waals surface area contributed by atoms with Gasteiger partial charge in [0.05, 0.1) is 5.69 Å². The Morgan fingerprint density at radius 2 is 2.00 bits per heavy atom. The molecule has 4 nitrogen and oxygen atoms in total. The summed E-state index contributed by atoms with van der Waals surface area (Å²) in [7, 11) is 0. The highest BCUT2D eigenvalue weighted by Crippen LogP contribution is 2.21. The zero-order chi connectivity index (χ0) is 12.1. The summed E-state index contributed by atoms with van der Waals surface area (Å²) in [5.41, 5.74) is 6.49. The van der Waals surface area contributed by atoms with Crippen molar-refractivity contribution >= 4 is 11.6 Å². The van der Waals surface area contributed by atoms with Gasteiger partial charge in [-0.15, -0.1) is 0 Å². The molecule has 1 aliphatic rings. The van der Waals surface area contributed by atoms with Crippen LogP contribution in [-0.2, 0) is 4.79 Å². The quantitative estimate of drug-likeness (QED) is 0.854. The third kappa shape index (κ3) is 2.84. The molecule has 1 saturated heterocycles. The molecule has 0 spiro atoms. The van der Waals surface area contributed by atoms with E-state index in [2.05, 4.69) is 5.01 Å². The fourth-order valence-electron chi connectivity index (χ4n) is 2.14. The second kappa shape index (κ2) is 5.80. The van der Waals surface area contributed by atoms with Gasteiger partial charge in [-0.3, -0.25) is 4.79 Å². The number of nitrogens with two attached hydrogens (primary N) is 1. The van der Waals surface area contributed by atoms with Gasteiger partial charge in [0.25, 0.3) is 0 Å². The number of benzene rings is 1. The first-order chi connectivity index (χ1) is 8.33. The van der Waals surface area contributed by atoms with Gasteiger partial charge in [-0.05, 0) is 31.5 Å². The van der Waals surface area contributed by atoms with Crippen molar-refractivity contribution in [1.29, 1.82) is 0 Å². The van der Waals surface area contributed by atoms with Crippen molar-refractivity contribution in [2.75, 3.05) is 24.6 Å². The molecule has 0 bridgehead atoms. The summed E-state index contributed by atoms with van der Waals surface area (Å²) in [6, 6.07) is 9.82. The Kier molecular flexibility index (Phi) is 4.12. The Bertz CT molecular complexity index is 366. The van der Waals surface area contributed by atoms with Crippen LogP contribution < -0.4 is 10.7 Å². The smallest absolute Gasteiger partial charge is 0.241 e. The molecule has 1 heterocycles. The number of carbonyl (C=O) groups excluding carboxylic acids is 1. The number of anilines is 1. The monoisotopic (exact) mass is 233 g/mol. The minimum Gasteiger partial charge on any atom is -0.330 e. The van der Waals surface area contributed by atoms with Crippen molar-refractivity contribution in [3.05, 3.63) is 30.3 Å². The molecule has 0 saturated carbocycles. The van der Waals surface area contributed by atoms with Gasteiger partial charge in [-0.25, -0.2) is 10.0 Å². The average Bonchev–Trinajstić information content (AvgIpc) is 2.37. The van der Waals surface area contributed by atoms with Gasteiger partial charge in [0.15, 0.2) is 0 Å². The highest BCUT2D eigenvalue weighted by atomic mass is 16.2. The maximum Gasteiger partial charge on any atom is 0.241 e. The summed E-state index contributed by atoms with van der Waals surface area (Å²) in [6.07, 6.45) is 2.48. The molecule has 1 aromatic rings. The van der Waals surface area contributed by atoms with Gasteiger partial charge in [-0.1, -0.05) is 18.2 Å². The zero-order valence-corrected chi connectivity index (χ0v) is 10.0. The number of hydrazine groups is 1. The molecule has 4 heteroatoms. The third-order valence-electron chi connectivity index (χ3n) is 2.95. The number of nitrogens with zero attached hydrogens (tertiary/aromatic N) is 2. The predicted molar refractivity (Wildman–Crippen MR) is 68.4 cm³/mol. The lowest BCUT2D eigenvalue weighted by atomic mass is 10.2. The van der Waals surface area contributed by atoms with Crippen LogP contribution in [0, 0.1) is 0 Å². The predicted octanol–water partition coefficient (Wildman–Crippen LogP) is 1.38. The standard InChI is InChI=1S/C13H19N3O/c14-9-5-11-15-10-4-8-13(17)16(15)12-6-2-1-3-7-12/h1-3,6-7H,4-5,8-11,14H2. The van der Waals surface area contributed by atoms with Crippen LogP contribution in [0.25, 0.3) is 0 Å². The molecule has 1 aliphatic heterocycles. The normalized spacial score (nSPS) is 17.5. The van der Waals surface area contributed by atoms with Crippen molar-refractivity contribution in [1.82, 2.24) is 5.01 Å². The summed E-state index contributed by atoms with van der Waals surface area (Å²) in [5, 5.41) is 3.91. The molecular weight excluding hydrogens is 214 g/mol. The number of amides is 1. The van der Waals surface area contributed by atoms with E-state index in [0.29, 0.717) is 13.0 Å². The molecule has 0 atom stereocenters. The van der Waals surface area contributed by atoms with E-state index in [1.54, 1.807) is 5.01 Å². The maximum absolute atomic E-state index is 12.0. The van der Waals surface area contributed by atoms with E-state index in [1.807, 2.05) is 30.3 Å². The van der Waals surface area contributed by atoms with Gasteiger partial charge in [0, 0.05) is 19.5 Å². The minimum atomic E-state index is 0.180. The summed E-state index contributed by atoms with van der Waals surface area (Å²) in [5.74, 6) is 0.180. The number of hydrogen-bond acceptors (Lipinski definition) is 3. The largest absolute Gasteiger partial charge is 0.330 e. The van der Waals surface area contributed by atoms with Crippen LogP contribution in [-0.4, -0.2) is 30.6 Å². The molecule has 1 amide bonds. The van der Waals surface area contributed by atoms with Crippen molar-refractivity contribution < 1.29 is 4.79 Å². The third-order valence-corrected chi connectivity index (χ3v) is 2.95. The lowest BCUT2D eigenvalue weighted by molar-refractivity contribution is -0.123. The van der Waals surface area contributed by atoms with E-state index in [-0.39, 0.29) is 5.91 Å². The van der Waals surface area contributed by atoms with Gasteiger partial charge in [-0.2, -0.15) is 0 Å². The molecule has 17 heavy (non-hydrogen) atoms. The van der Waals surface area contributed by atoms with E-state index in [1.165, 1.54) is 0 Å². The van der Waals surface area contributed by atoms with E-state index < -0.39 is 0 Å². The summed E-state index contributed by atoms with van der Waals surface area (Å²) < 4.78 is 0. The SMILES string of the molecule is NCCCN1CCCC(=O)N1c1ccccc1. The van der Waals surface area contributed by atoms with Crippen molar-refractivity contribution in [3.8, 4) is 0 Å². The Hall–Kier alpha value is -1.39. The zero-order valence-electron chi connectivity index (χ0n) is 10.0. The van der Waals surface area contributed by atoms with Crippen LogP contribution in [0.4, 0.5) is 5.69 Å². The van der Waals surface area contributed by atoms with E-state index >= 15 is 0 Å². The highest BCUT2D eigenvalue weighted by molar-refractivity contribution is 5.92. The first-order valence-electron chi connectivity index (χ1n) is 6.16. The molecule has 0 aromatic heterocycles. The van der Waals surface area contributed by atoms with Gasteiger partial charge >= 0.3 is 0 Å². The Labute approximate surface area is 102 Å². The molecule has 2 N–H and O–H groups in total. The first kappa shape index (κ1) is 12.1. The van der Waals surface area contributed by atoms with Crippen molar-refractivity contribution in [3.63, 3.8) is 0 Å². The van der Waals surface area contributed by atoms with Crippen LogP contribution >= 0.6 is 0 Å². The molecule has 0 unspecified atom stereocenters. The second-order valence-corrected chi connectivity index (χ2v) is 4.24. The highest BCUT2D eigenvalue weighted by Gasteiger charge is 2.26. The fraction of sp³-hybridized carbons (Fsp3) is 0.462. The Morgan fingerprint density at radius 1 is 1.24 bits per heavy atom. The molecule has 0 aliphatic carbocycles. The first-order valence-corrected chi connectivity index (χ1v) is 6.16. The fourth-order valence-corrected chi connectivity index (χ4v) is 2.14. The number of rotatable bonds is 4. The molecule has 92 valence electrons. The molecular formula is C13H19N3O. The topological polar surface area (TPSA) is 49.6 Å². The molecule has 1 fully saturated rings. The molecule has 1 aromatic carbocycles. The van der Waals surface area contributed by atoms with Crippen LogP contribution in [0.5, 0.6) is 0 Å². The van der Waals surface area contributed by atoms with E-state index in [9.17, 15) is 4.79 Å². The van der Waals surface area contributed by atoms with E-state index in [4.69, 9.17) is 5.73 Å². The summed E-state index contributed by atoms with van der Waals surface area (Å²) in [4.78, 5) is 12.0. The lowest BCUT2D eigenvalue weighted by Crippen LogP contribution is -2.51. The van der Waals surface area contributed by atoms with Gasteiger partial charge < -0.3 is 5.73 Å². The van der Waals surface area contributed by atoms with Crippen LogP contribution in [0.2, 0.25) is 0 Å². The number of hydrogen-bond donors (Lipinski definition) is 1. The van der Waals surface area contributed by atoms with Gasteiger partial charge in [0.1, 0.15) is 0 Å². The summed E-state index contributed by atoms with van der Waals surface area (Å²) in [6.45, 7) is 2.44. The van der Waals surface area contributed by atoms with Crippen LogP contribution in [0.15, 0.2) is 30.3 Å². The Balaban J connectivity index is 2.16. The van der Waals surface area contributed by atoms with Gasteiger partial charge in [0.2, 0.25) is 5.91 Å². The van der Waals surface area contributed by atoms with Crippen LogP contribution in [0.1, 0.15) is 19.3 Å².